The van der Waals surface area contributed by atoms with Gasteiger partial charge >= 0.3 is 0 Å². The first-order valence-corrected chi connectivity index (χ1v) is 11.0. The number of rotatable bonds is 13. The maximum absolute atomic E-state index is 5.91. The number of ether oxygens (including phenoxy) is 3. The van der Waals surface area contributed by atoms with Gasteiger partial charge < -0.3 is 29.7 Å². The summed E-state index contributed by atoms with van der Waals surface area (Å²) in [7, 11) is 7.27. The van der Waals surface area contributed by atoms with Gasteiger partial charge in [-0.25, -0.2) is 0 Å². The average Bonchev–Trinajstić information content (AvgIpc) is 2.81. The van der Waals surface area contributed by atoms with Gasteiger partial charge in [0.05, 0.1) is 13.7 Å². The smallest absolute Gasteiger partial charge is 0.191 e. The Bertz CT molecular complexity index is 842. The van der Waals surface area contributed by atoms with Crippen molar-refractivity contribution in [1.82, 2.24) is 15.5 Å². The van der Waals surface area contributed by atoms with Crippen molar-refractivity contribution in [2.75, 3.05) is 61.2 Å². The lowest BCUT2D eigenvalue weighted by Crippen LogP contribution is -2.37. The van der Waals surface area contributed by atoms with E-state index in [-0.39, 0.29) is 0 Å². The summed E-state index contributed by atoms with van der Waals surface area (Å²) in [5.41, 5.74) is 3.51. The maximum Gasteiger partial charge on any atom is 0.191 e. The molecule has 2 N–H and O–H groups in total. The van der Waals surface area contributed by atoms with E-state index in [1.54, 1.807) is 21.3 Å². The van der Waals surface area contributed by atoms with Gasteiger partial charge in [-0.1, -0.05) is 24.3 Å². The van der Waals surface area contributed by atoms with Crippen molar-refractivity contribution in [2.24, 2.45) is 4.99 Å². The quantitative estimate of drug-likeness (QED) is 0.367. The van der Waals surface area contributed by atoms with E-state index in [0.717, 1.165) is 61.2 Å². The normalized spacial score (nSPS) is 11.5. The molecule has 0 saturated carbocycles. The van der Waals surface area contributed by atoms with Gasteiger partial charge in [-0.15, -0.1) is 0 Å². The number of nitrogens with one attached hydrogen (secondary N) is 2. The highest BCUT2D eigenvalue weighted by Crippen LogP contribution is 2.19. The van der Waals surface area contributed by atoms with Gasteiger partial charge in [0.1, 0.15) is 18.1 Å². The lowest BCUT2D eigenvalue weighted by molar-refractivity contribution is 0.150. The first-order valence-electron chi connectivity index (χ1n) is 11.0. The van der Waals surface area contributed by atoms with Gasteiger partial charge in [0.25, 0.3) is 0 Å². The minimum absolute atomic E-state index is 0.643. The summed E-state index contributed by atoms with van der Waals surface area (Å²) in [5, 5.41) is 6.73. The van der Waals surface area contributed by atoms with E-state index in [2.05, 4.69) is 57.9 Å². The molecule has 0 aliphatic rings. The topological polar surface area (TPSA) is 67.4 Å². The first kappa shape index (κ1) is 25.5. The Balaban J connectivity index is 1.75. The fourth-order valence-corrected chi connectivity index (χ4v) is 3.18. The zero-order valence-electron chi connectivity index (χ0n) is 20.1. The van der Waals surface area contributed by atoms with Crippen LogP contribution < -0.4 is 20.1 Å². The van der Waals surface area contributed by atoms with Crippen molar-refractivity contribution in [1.29, 1.82) is 0 Å². The zero-order valence-corrected chi connectivity index (χ0v) is 20.1. The highest BCUT2D eigenvalue weighted by molar-refractivity contribution is 5.79. The van der Waals surface area contributed by atoms with Crippen LogP contribution in [0.4, 0.5) is 0 Å². The predicted molar refractivity (Wildman–Crippen MR) is 131 cm³/mol. The Kier molecular flexibility index (Phi) is 11.4. The fourth-order valence-electron chi connectivity index (χ4n) is 3.18. The van der Waals surface area contributed by atoms with E-state index in [1.807, 2.05) is 19.1 Å². The summed E-state index contributed by atoms with van der Waals surface area (Å²) in [5.74, 6) is 2.57. The number of benzene rings is 2. The second-order valence-electron chi connectivity index (χ2n) is 7.70. The van der Waals surface area contributed by atoms with Crippen LogP contribution in [-0.4, -0.2) is 72.0 Å². The second-order valence-corrected chi connectivity index (χ2v) is 7.70. The summed E-state index contributed by atoms with van der Waals surface area (Å²) < 4.78 is 16.4. The molecule has 0 fully saturated rings. The molecule has 0 aliphatic heterocycles. The van der Waals surface area contributed by atoms with E-state index < -0.39 is 0 Å². The van der Waals surface area contributed by atoms with Crippen molar-refractivity contribution in [3.8, 4) is 11.5 Å². The van der Waals surface area contributed by atoms with Gasteiger partial charge in [0, 0.05) is 40.3 Å². The molecule has 2 aromatic rings. The molecule has 32 heavy (non-hydrogen) atoms. The molecule has 0 radical (unpaired) electrons. The Morgan fingerprint density at radius 2 is 1.81 bits per heavy atom. The van der Waals surface area contributed by atoms with E-state index in [9.17, 15) is 0 Å². The van der Waals surface area contributed by atoms with E-state index in [1.165, 1.54) is 5.56 Å². The fraction of sp³-hybridized carbons (Fsp3) is 0.480. The van der Waals surface area contributed by atoms with Gasteiger partial charge in [0.15, 0.2) is 5.96 Å². The molecule has 7 heteroatoms. The third-order valence-corrected chi connectivity index (χ3v) is 5.18. The van der Waals surface area contributed by atoms with Crippen LogP contribution >= 0.6 is 0 Å². The minimum Gasteiger partial charge on any atom is -0.496 e. The van der Waals surface area contributed by atoms with Crippen molar-refractivity contribution in [3.05, 3.63) is 59.2 Å². The molecule has 0 bridgehead atoms. The van der Waals surface area contributed by atoms with Gasteiger partial charge in [-0.05, 0) is 55.3 Å². The van der Waals surface area contributed by atoms with Crippen LogP contribution in [0, 0.1) is 6.92 Å². The third-order valence-electron chi connectivity index (χ3n) is 5.18. The SMILES string of the molecule is CN=C(NCCc1ccc(C)c(OC)c1)NCc1cccc(OCCN(C)CCOC)c1. The van der Waals surface area contributed by atoms with Gasteiger partial charge in [0.2, 0.25) is 0 Å². The number of methoxy groups -OCH3 is 2. The predicted octanol–water partition coefficient (Wildman–Crippen LogP) is 2.87. The molecule has 0 spiro atoms. The number of aryl methyl sites for hydroxylation is 1. The molecular weight excluding hydrogens is 404 g/mol. The molecule has 0 amide bonds. The van der Waals surface area contributed by atoms with Crippen LogP contribution in [-0.2, 0) is 17.7 Å². The Hall–Kier alpha value is -2.77. The molecule has 0 atom stereocenters. The minimum atomic E-state index is 0.643. The Labute approximate surface area is 192 Å². The van der Waals surface area contributed by atoms with Crippen molar-refractivity contribution in [3.63, 3.8) is 0 Å². The molecule has 2 aromatic carbocycles. The summed E-state index contributed by atoms with van der Waals surface area (Å²) in [6.07, 6.45) is 0.888. The molecule has 0 aromatic heterocycles. The van der Waals surface area contributed by atoms with Crippen LogP contribution in [0.3, 0.4) is 0 Å². The molecule has 176 valence electrons. The lowest BCUT2D eigenvalue weighted by atomic mass is 10.1. The maximum atomic E-state index is 5.91. The van der Waals surface area contributed by atoms with Crippen molar-refractivity contribution >= 4 is 5.96 Å². The van der Waals surface area contributed by atoms with Crippen LogP contribution in [0.1, 0.15) is 16.7 Å². The summed E-state index contributed by atoms with van der Waals surface area (Å²) >= 11 is 0. The summed E-state index contributed by atoms with van der Waals surface area (Å²) in [6.45, 7) is 6.63. The lowest BCUT2D eigenvalue weighted by Gasteiger charge is -2.16. The van der Waals surface area contributed by atoms with Crippen LogP contribution in [0.15, 0.2) is 47.5 Å². The van der Waals surface area contributed by atoms with Gasteiger partial charge in [-0.2, -0.15) is 0 Å². The average molecular weight is 443 g/mol. The van der Waals surface area contributed by atoms with Gasteiger partial charge in [-0.3, -0.25) is 4.99 Å². The molecule has 2 rings (SSSR count). The molecular formula is C25H38N4O3. The zero-order chi connectivity index (χ0) is 23.2. The standard InChI is InChI=1S/C25H38N4O3/c1-20-9-10-21(18-24(20)31-5)11-12-27-25(26-2)28-19-22-7-6-8-23(17-22)32-16-14-29(3)13-15-30-4/h6-10,17-18H,11-16,19H2,1-5H3,(H2,26,27,28). The highest BCUT2D eigenvalue weighted by atomic mass is 16.5. The second kappa shape index (κ2) is 14.3. The van der Waals surface area contributed by atoms with E-state index in [0.29, 0.717) is 13.2 Å². The largest absolute Gasteiger partial charge is 0.496 e. The van der Waals surface area contributed by atoms with E-state index >= 15 is 0 Å². The number of nitrogens with zero attached hydrogens (tertiary/aromatic N) is 2. The van der Waals surface area contributed by atoms with Crippen LogP contribution in [0.5, 0.6) is 11.5 Å². The molecule has 0 aliphatic carbocycles. The highest BCUT2D eigenvalue weighted by Gasteiger charge is 2.04. The van der Waals surface area contributed by atoms with E-state index in [4.69, 9.17) is 14.2 Å². The number of likely N-dealkylation sites (N-methyl/N-ethyl adjacent to an activating group) is 1. The monoisotopic (exact) mass is 442 g/mol. The summed E-state index contributed by atoms with van der Waals surface area (Å²) in [6, 6.07) is 14.5. The number of hydrogen-bond acceptors (Lipinski definition) is 5. The number of aliphatic imine (C=N–C) groups is 1. The molecule has 0 saturated heterocycles. The molecule has 0 unspecified atom stereocenters. The van der Waals surface area contributed by atoms with Crippen LogP contribution in [0.2, 0.25) is 0 Å². The first-order chi connectivity index (χ1) is 15.5. The third kappa shape index (κ3) is 9.16. The van der Waals surface area contributed by atoms with Crippen molar-refractivity contribution < 1.29 is 14.2 Å². The Morgan fingerprint density at radius 1 is 1.00 bits per heavy atom. The molecule has 0 heterocycles. The van der Waals surface area contributed by atoms with Crippen molar-refractivity contribution in [2.45, 2.75) is 19.9 Å². The summed E-state index contributed by atoms with van der Waals surface area (Å²) in [4.78, 5) is 6.51. The number of guanidine groups is 1. The Morgan fingerprint density at radius 3 is 2.56 bits per heavy atom. The molecule has 7 nitrogen and oxygen atoms in total. The number of hydrogen-bond donors (Lipinski definition) is 2. The van der Waals surface area contributed by atoms with Crippen LogP contribution in [0.25, 0.3) is 0 Å².